The highest BCUT2D eigenvalue weighted by Gasteiger charge is 2.32. The van der Waals surface area contributed by atoms with Gasteiger partial charge < -0.3 is 15.3 Å². The zero-order valence-corrected chi connectivity index (χ0v) is 13.6. The Morgan fingerprint density at radius 3 is 2.64 bits per heavy atom. The molecule has 0 spiro atoms. The lowest BCUT2D eigenvalue weighted by Gasteiger charge is -2.35. The largest absolute Gasteiger partial charge is 0.388 e. The van der Waals surface area contributed by atoms with Crippen LogP contribution in [0.5, 0.6) is 0 Å². The molecule has 1 saturated heterocycles. The number of anilines is 2. The number of rotatable bonds is 5. The molecule has 1 aromatic heterocycles. The molecule has 1 unspecified atom stereocenters. The van der Waals surface area contributed by atoms with Gasteiger partial charge in [-0.05, 0) is 38.5 Å². The van der Waals surface area contributed by atoms with Gasteiger partial charge in [0.25, 0.3) is 0 Å². The highest BCUT2D eigenvalue weighted by atomic mass is 16.3. The molecule has 0 radical (unpaired) electrons. The highest BCUT2D eigenvalue weighted by molar-refractivity contribution is 5.49. The number of nitrogens with one attached hydrogen (secondary N) is 1. The quantitative estimate of drug-likeness (QED) is 0.876. The van der Waals surface area contributed by atoms with Crippen molar-refractivity contribution < 1.29 is 5.11 Å². The van der Waals surface area contributed by atoms with Gasteiger partial charge in [-0.3, -0.25) is 0 Å². The third-order valence-corrected chi connectivity index (χ3v) is 5.19. The standard InChI is InChI=1S/C17H28N4O/c1-17(22,14-7-3-2-4-8-14)12-18-15-11-16(20-13-19-15)21-9-5-6-10-21/h11,13-14,22H,2-10,12H2,1H3,(H,18,19,20). The molecule has 2 fully saturated rings. The van der Waals surface area contributed by atoms with Crippen molar-refractivity contribution in [2.45, 2.75) is 57.5 Å². The van der Waals surface area contributed by atoms with Crippen LogP contribution in [0.4, 0.5) is 11.6 Å². The van der Waals surface area contributed by atoms with Crippen molar-refractivity contribution in [3.8, 4) is 0 Å². The molecule has 2 heterocycles. The summed E-state index contributed by atoms with van der Waals surface area (Å²) in [6, 6.07) is 2.00. The number of hydrogen-bond donors (Lipinski definition) is 2. The van der Waals surface area contributed by atoms with Gasteiger partial charge in [-0.15, -0.1) is 0 Å². The molecule has 122 valence electrons. The minimum Gasteiger partial charge on any atom is -0.388 e. The highest BCUT2D eigenvalue weighted by Crippen LogP contribution is 2.32. The fourth-order valence-corrected chi connectivity index (χ4v) is 3.70. The first-order valence-electron chi connectivity index (χ1n) is 8.68. The summed E-state index contributed by atoms with van der Waals surface area (Å²) in [6.45, 7) is 4.67. The fraction of sp³-hybridized carbons (Fsp3) is 0.765. The van der Waals surface area contributed by atoms with Crippen LogP contribution in [-0.4, -0.2) is 40.3 Å². The van der Waals surface area contributed by atoms with E-state index in [9.17, 15) is 5.11 Å². The summed E-state index contributed by atoms with van der Waals surface area (Å²) < 4.78 is 0. The van der Waals surface area contributed by atoms with Gasteiger partial charge in [-0.2, -0.15) is 0 Å². The van der Waals surface area contributed by atoms with Crippen LogP contribution in [0.3, 0.4) is 0 Å². The van der Waals surface area contributed by atoms with Crippen LogP contribution in [-0.2, 0) is 0 Å². The van der Waals surface area contributed by atoms with Gasteiger partial charge >= 0.3 is 0 Å². The maximum atomic E-state index is 10.8. The third kappa shape index (κ3) is 3.69. The molecule has 5 heteroatoms. The predicted molar refractivity (Wildman–Crippen MR) is 89.2 cm³/mol. The van der Waals surface area contributed by atoms with Crippen LogP contribution in [0.25, 0.3) is 0 Å². The summed E-state index contributed by atoms with van der Waals surface area (Å²) in [5, 5.41) is 14.1. The first-order valence-corrected chi connectivity index (χ1v) is 8.68. The normalized spacial score (nSPS) is 22.5. The number of hydrogen-bond acceptors (Lipinski definition) is 5. The monoisotopic (exact) mass is 304 g/mol. The van der Waals surface area contributed by atoms with Gasteiger partial charge in [0, 0.05) is 25.7 Å². The Kier molecular flexibility index (Phi) is 4.81. The molecule has 5 nitrogen and oxygen atoms in total. The SMILES string of the molecule is CC(O)(CNc1cc(N2CCCC2)ncn1)C1CCCCC1. The summed E-state index contributed by atoms with van der Waals surface area (Å²) in [7, 11) is 0. The Morgan fingerprint density at radius 2 is 1.91 bits per heavy atom. The van der Waals surface area contributed by atoms with Gasteiger partial charge in [0.2, 0.25) is 0 Å². The van der Waals surface area contributed by atoms with Crippen molar-refractivity contribution in [2.75, 3.05) is 29.9 Å². The molecule has 1 atom stereocenters. The maximum Gasteiger partial charge on any atom is 0.134 e. The van der Waals surface area contributed by atoms with Crippen LogP contribution in [0.2, 0.25) is 0 Å². The zero-order valence-electron chi connectivity index (χ0n) is 13.6. The molecule has 1 saturated carbocycles. The van der Waals surface area contributed by atoms with E-state index in [2.05, 4.69) is 20.2 Å². The second kappa shape index (κ2) is 6.82. The zero-order chi connectivity index (χ0) is 15.4. The molecule has 1 aromatic rings. The summed E-state index contributed by atoms with van der Waals surface area (Å²) in [5.41, 5.74) is -0.667. The van der Waals surface area contributed by atoms with Crippen molar-refractivity contribution in [1.29, 1.82) is 0 Å². The van der Waals surface area contributed by atoms with Crippen LogP contribution < -0.4 is 10.2 Å². The van der Waals surface area contributed by atoms with E-state index in [4.69, 9.17) is 0 Å². The molecular formula is C17H28N4O. The average molecular weight is 304 g/mol. The molecule has 2 aliphatic rings. The molecule has 3 rings (SSSR count). The van der Waals surface area contributed by atoms with Crippen molar-refractivity contribution in [3.05, 3.63) is 12.4 Å². The molecule has 0 amide bonds. The van der Waals surface area contributed by atoms with E-state index in [1.54, 1.807) is 6.33 Å². The summed E-state index contributed by atoms with van der Waals surface area (Å²) in [6.07, 6.45) is 10.2. The molecular weight excluding hydrogens is 276 g/mol. The molecule has 0 aromatic carbocycles. The lowest BCUT2D eigenvalue weighted by molar-refractivity contribution is -0.00450. The lowest BCUT2D eigenvalue weighted by Crippen LogP contribution is -2.42. The molecule has 2 N–H and O–H groups in total. The van der Waals surface area contributed by atoms with E-state index < -0.39 is 5.60 Å². The first-order chi connectivity index (χ1) is 10.6. The molecule has 0 bridgehead atoms. The van der Waals surface area contributed by atoms with Crippen LogP contribution in [0.15, 0.2) is 12.4 Å². The van der Waals surface area contributed by atoms with Crippen molar-refractivity contribution in [3.63, 3.8) is 0 Å². The molecule has 22 heavy (non-hydrogen) atoms. The van der Waals surface area contributed by atoms with Crippen molar-refractivity contribution >= 4 is 11.6 Å². The van der Waals surface area contributed by atoms with Crippen LogP contribution >= 0.6 is 0 Å². The van der Waals surface area contributed by atoms with Gasteiger partial charge in [-0.1, -0.05) is 19.3 Å². The van der Waals surface area contributed by atoms with Crippen molar-refractivity contribution in [2.24, 2.45) is 5.92 Å². The second-order valence-corrected chi connectivity index (χ2v) is 7.00. The minimum atomic E-state index is -0.667. The minimum absolute atomic E-state index is 0.397. The Labute approximate surface area is 133 Å². The number of aliphatic hydroxyl groups is 1. The Hall–Kier alpha value is -1.36. The lowest BCUT2D eigenvalue weighted by atomic mass is 9.78. The molecule has 1 aliphatic carbocycles. The Morgan fingerprint density at radius 1 is 1.18 bits per heavy atom. The van der Waals surface area contributed by atoms with Crippen LogP contribution in [0.1, 0.15) is 51.9 Å². The van der Waals surface area contributed by atoms with E-state index in [1.165, 1.54) is 32.1 Å². The van der Waals surface area contributed by atoms with E-state index in [1.807, 2.05) is 13.0 Å². The fourth-order valence-electron chi connectivity index (χ4n) is 3.70. The number of aromatic nitrogens is 2. The Bertz CT molecular complexity index is 479. The third-order valence-electron chi connectivity index (χ3n) is 5.19. The van der Waals surface area contributed by atoms with E-state index in [0.717, 1.165) is 37.6 Å². The topological polar surface area (TPSA) is 61.3 Å². The Balaban J connectivity index is 1.59. The summed E-state index contributed by atoms with van der Waals surface area (Å²) >= 11 is 0. The number of nitrogens with zero attached hydrogens (tertiary/aromatic N) is 3. The van der Waals surface area contributed by atoms with E-state index >= 15 is 0 Å². The van der Waals surface area contributed by atoms with Crippen molar-refractivity contribution in [1.82, 2.24) is 9.97 Å². The average Bonchev–Trinajstić information content (AvgIpc) is 3.09. The summed E-state index contributed by atoms with van der Waals surface area (Å²) in [5.74, 6) is 2.20. The van der Waals surface area contributed by atoms with Gasteiger partial charge in [0.15, 0.2) is 0 Å². The van der Waals surface area contributed by atoms with Gasteiger partial charge in [0.1, 0.15) is 18.0 Å². The molecule has 1 aliphatic heterocycles. The van der Waals surface area contributed by atoms with Crippen LogP contribution in [0, 0.1) is 5.92 Å². The van der Waals surface area contributed by atoms with E-state index in [0.29, 0.717) is 12.5 Å². The van der Waals surface area contributed by atoms with E-state index in [-0.39, 0.29) is 0 Å². The smallest absolute Gasteiger partial charge is 0.134 e. The van der Waals surface area contributed by atoms with Gasteiger partial charge in [-0.25, -0.2) is 9.97 Å². The maximum absolute atomic E-state index is 10.8. The van der Waals surface area contributed by atoms with Gasteiger partial charge in [0.05, 0.1) is 5.60 Å². The predicted octanol–water partition coefficient (Wildman–Crippen LogP) is 2.82. The first kappa shape index (κ1) is 15.5. The summed E-state index contributed by atoms with van der Waals surface area (Å²) in [4.78, 5) is 11.0. The second-order valence-electron chi connectivity index (χ2n) is 7.00.